The molecule has 0 atom stereocenters. The van der Waals surface area contributed by atoms with Gasteiger partial charge in [0.25, 0.3) is 0 Å². The summed E-state index contributed by atoms with van der Waals surface area (Å²) in [5, 5.41) is 30.8. The van der Waals surface area contributed by atoms with E-state index in [1.807, 2.05) is 0 Å². The van der Waals surface area contributed by atoms with Gasteiger partial charge in [0.2, 0.25) is 5.75 Å². The van der Waals surface area contributed by atoms with E-state index < -0.39 is 28.1 Å². The van der Waals surface area contributed by atoms with E-state index in [9.17, 15) is 25.1 Å². The lowest BCUT2D eigenvalue weighted by Crippen LogP contribution is -2.12. The summed E-state index contributed by atoms with van der Waals surface area (Å²) < 4.78 is 31.0. The number of nitro benzene ring substituents is 1. The van der Waals surface area contributed by atoms with Crippen LogP contribution in [0.15, 0.2) is 18.2 Å². The molecule has 0 heterocycles. The molecule has 0 bridgehead atoms. The number of nitrogens with zero attached hydrogens (tertiary/aromatic N) is 1. The molecule has 2 N–H and O–H groups in total. The first-order valence-corrected chi connectivity index (χ1v) is 9.63. The molecule has 0 fully saturated rings. The van der Waals surface area contributed by atoms with Crippen molar-refractivity contribution in [2.24, 2.45) is 0 Å². The monoisotopic (exact) mass is 487 g/mol. The molecule has 0 aliphatic carbocycles. The molecule has 13 heteroatoms. The molecular formula is C20H22ClNO11. The normalized spacial score (nSPS) is 10.5. The molecule has 0 aromatic heterocycles. The van der Waals surface area contributed by atoms with Crippen LogP contribution in [0.1, 0.15) is 15.9 Å². The van der Waals surface area contributed by atoms with Crippen molar-refractivity contribution in [1.29, 1.82) is 0 Å². The molecule has 12 nitrogen and oxygen atoms in total. The molecule has 0 unspecified atom stereocenters. The van der Waals surface area contributed by atoms with Gasteiger partial charge in [-0.25, -0.2) is 4.79 Å². The van der Waals surface area contributed by atoms with Gasteiger partial charge in [0, 0.05) is 26.7 Å². The van der Waals surface area contributed by atoms with E-state index in [4.69, 9.17) is 40.0 Å². The lowest BCUT2D eigenvalue weighted by molar-refractivity contribution is -0.386. The molecular weight excluding hydrogens is 466 g/mol. The number of halogens is 1. The summed E-state index contributed by atoms with van der Waals surface area (Å²) >= 11 is 5.77. The Kier molecular flexibility index (Phi) is 9.33. The van der Waals surface area contributed by atoms with Gasteiger partial charge in [-0.3, -0.25) is 10.1 Å². The molecule has 0 aliphatic rings. The summed E-state index contributed by atoms with van der Waals surface area (Å²) in [5.41, 5.74) is -0.525. The summed E-state index contributed by atoms with van der Waals surface area (Å²) in [4.78, 5) is 23.3. The van der Waals surface area contributed by atoms with Gasteiger partial charge in [0.05, 0.1) is 35.3 Å². The smallest absolute Gasteiger partial charge is 0.341 e. The van der Waals surface area contributed by atoms with E-state index in [0.717, 1.165) is 18.2 Å². The van der Waals surface area contributed by atoms with Crippen LogP contribution in [0.4, 0.5) is 5.69 Å². The van der Waals surface area contributed by atoms with Gasteiger partial charge in [-0.15, -0.1) is 0 Å². The van der Waals surface area contributed by atoms with Gasteiger partial charge in [-0.05, 0) is 6.07 Å². The molecule has 2 rings (SSSR count). The molecule has 180 valence electrons. The Labute approximate surface area is 193 Å². The lowest BCUT2D eigenvalue weighted by atomic mass is 10.1. The predicted molar refractivity (Wildman–Crippen MR) is 113 cm³/mol. The minimum absolute atomic E-state index is 0.0140. The number of carbonyl (C=O) groups excluding carboxylic acids is 1. The Hall–Kier alpha value is -3.48. The van der Waals surface area contributed by atoms with Crippen LogP contribution in [0.25, 0.3) is 0 Å². The van der Waals surface area contributed by atoms with Crippen molar-refractivity contribution < 1.29 is 48.4 Å². The van der Waals surface area contributed by atoms with Crippen molar-refractivity contribution in [2.45, 2.75) is 6.42 Å². The summed E-state index contributed by atoms with van der Waals surface area (Å²) in [6.07, 6.45) is -0.0917. The number of rotatable bonds is 12. The fraction of sp³-hybridized carbons (Fsp3) is 0.350. The predicted octanol–water partition coefficient (Wildman–Crippen LogP) is 3.03. The number of aromatic hydroxyl groups is 2. The Morgan fingerprint density at radius 1 is 1.03 bits per heavy atom. The number of nitro groups is 1. The maximum atomic E-state index is 12.4. The Morgan fingerprint density at radius 2 is 1.70 bits per heavy atom. The highest BCUT2D eigenvalue weighted by Gasteiger charge is 2.28. The Morgan fingerprint density at radius 3 is 2.30 bits per heavy atom. The van der Waals surface area contributed by atoms with E-state index >= 15 is 0 Å². The quantitative estimate of drug-likeness (QED) is 0.196. The molecule has 2 aromatic carbocycles. The molecule has 0 amide bonds. The molecule has 0 spiro atoms. The number of hydrogen-bond donors (Lipinski definition) is 2. The SMILES string of the molecule is COCOc1cc([N+](=O)[O-])c(OCOC)c(CCOC(=O)c2cc(Cl)c(O)cc2O)c1OC. The van der Waals surface area contributed by atoms with Crippen LogP contribution < -0.4 is 14.2 Å². The first-order valence-electron chi connectivity index (χ1n) is 9.25. The van der Waals surface area contributed by atoms with Crippen molar-refractivity contribution in [3.05, 3.63) is 44.5 Å². The topological polar surface area (TPSA) is 156 Å². The zero-order valence-electron chi connectivity index (χ0n) is 18.0. The number of ether oxygens (including phenoxy) is 6. The van der Waals surface area contributed by atoms with Crippen LogP contribution in [-0.4, -0.2) is 62.6 Å². The highest BCUT2D eigenvalue weighted by molar-refractivity contribution is 6.32. The summed E-state index contributed by atoms with van der Waals surface area (Å²) in [5.74, 6) is -1.91. The summed E-state index contributed by atoms with van der Waals surface area (Å²) in [7, 11) is 4.05. The van der Waals surface area contributed by atoms with Gasteiger partial charge >= 0.3 is 11.7 Å². The van der Waals surface area contributed by atoms with E-state index in [1.54, 1.807) is 0 Å². The number of phenolic OH excluding ortho intramolecular Hbond substituents is 2. The van der Waals surface area contributed by atoms with Crippen LogP contribution in [0.3, 0.4) is 0 Å². The van der Waals surface area contributed by atoms with Crippen molar-refractivity contribution >= 4 is 23.3 Å². The third-order valence-corrected chi connectivity index (χ3v) is 4.50. The van der Waals surface area contributed by atoms with Crippen LogP contribution in [0.5, 0.6) is 28.7 Å². The number of hydrogen-bond acceptors (Lipinski definition) is 11. The van der Waals surface area contributed by atoms with Crippen molar-refractivity contribution in [3.8, 4) is 28.7 Å². The van der Waals surface area contributed by atoms with Crippen molar-refractivity contribution in [3.63, 3.8) is 0 Å². The Balaban J connectivity index is 2.37. The number of phenols is 2. The van der Waals surface area contributed by atoms with Crippen LogP contribution in [0, 0.1) is 10.1 Å². The third-order valence-electron chi connectivity index (χ3n) is 4.20. The highest BCUT2D eigenvalue weighted by Crippen LogP contribution is 2.45. The van der Waals surface area contributed by atoms with Crippen molar-refractivity contribution in [1.82, 2.24) is 0 Å². The van der Waals surface area contributed by atoms with Crippen molar-refractivity contribution in [2.75, 3.05) is 41.5 Å². The molecule has 33 heavy (non-hydrogen) atoms. The van der Waals surface area contributed by atoms with Crippen LogP contribution in [0.2, 0.25) is 5.02 Å². The lowest BCUT2D eigenvalue weighted by Gasteiger charge is -2.18. The highest BCUT2D eigenvalue weighted by atomic mass is 35.5. The van der Waals surface area contributed by atoms with Gasteiger partial charge in [-0.1, -0.05) is 11.6 Å². The molecule has 0 radical (unpaired) electrons. The standard InChI is InChI=1S/C20H22ClNO11/c1-28-9-32-17-7-14(22(26)27)18(33-10-29-2)11(19(17)30-3)4-5-31-20(25)12-6-13(21)16(24)8-15(12)23/h6-8,23-24H,4-5,9-10H2,1-3H3. The van der Waals surface area contributed by atoms with Gasteiger partial charge in [-0.2, -0.15) is 0 Å². The van der Waals surface area contributed by atoms with E-state index in [2.05, 4.69) is 0 Å². The number of methoxy groups -OCH3 is 3. The van der Waals surface area contributed by atoms with Gasteiger partial charge in [0.1, 0.15) is 17.1 Å². The average Bonchev–Trinajstić information content (AvgIpc) is 2.78. The zero-order valence-corrected chi connectivity index (χ0v) is 18.7. The molecule has 0 saturated carbocycles. The molecule has 2 aromatic rings. The average molecular weight is 488 g/mol. The number of carbonyl (C=O) groups is 1. The molecule has 0 aliphatic heterocycles. The van der Waals surface area contributed by atoms with E-state index in [0.29, 0.717) is 0 Å². The number of esters is 1. The fourth-order valence-corrected chi connectivity index (χ4v) is 2.96. The Bertz CT molecular complexity index is 1010. The fourth-order valence-electron chi connectivity index (χ4n) is 2.79. The van der Waals surface area contributed by atoms with E-state index in [1.165, 1.54) is 21.3 Å². The minimum atomic E-state index is -0.936. The first-order chi connectivity index (χ1) is 15.7. The summed E-state index contributed by atoms with van der Waals surface area (Å²) in [6.45, 7) is -0.794. The van der Waals surface area contributed by atoms with Gasteiger partial charge in [0.15, 0.2) is 25.1 Å². The molecule has 0 saturated heterocycles. The summed E-state index contributed by atoms with van der Waals surface area (Å²) in [6, 6.07) is 3.07. The second kappa shape index (κ2) is 11.9. The maximum absolute atomic E-state index is 12.4. The maximum Gasteiger partial charge on any atom is 0.341 e. The van der Waals surface area contributed by atoms with Crippen LogP contribution >= 0.6 is 11.6 Å². The third kappa shape index (κ3) is 6.28. The number of benzene rings is 2. The van der Waals surface area contributed by atoms with Gasteiger partial charge < -0.3 is 38.6 Å². The van der Waals surface area contributed by atoms with E-state index in [-0.39, 0.29) is 60.0 Å². The second-order valence-corrected chi connectivity index (χ2v) is 6.71. The second-order valence-electron chi connectivity index (χ2n) is 6.30. The van der Waals surface area contributed by atoms with Crippen LogP contribution in [-0.2, 0) is 20.6 Å². The minimum Gasteiger partial charge on any atom is -0.507 e. The first kappa shape index (κ1) is 25.8. The largest absolute Gasteiger partial charge is 0.507 e. The zero-order chi connectivity index (χ0) is 24.5.